The molecule has 14 amide bonds. The van der Waals surface area contributed by atoms with Crippen LogP contribution in [0.25, 0.3) is 0 Å². The molecule has 0 aromatic rings. The Balaban J connectivity index is 5.56. The number of carbonyl (C=O) groups excluding carboxylic acids is 14. The monoisotopic (exact) mass is 1480 g/mol. The first-order valence-corrected chi connectivity index (χ1v) is 37.5. The van der Waals surface area contributed by atoms with E-state index in [0.717, 1.165) is 19.3 Å². The molecule has 0 saturated heterocycles. The summed E-state index contributed by atoms with van der Waals surface area (Å²) in [5, 5.41) is 32.8. The second kappa shape index (κ2) is 54.6. The second-order valence-electron chi connectivity index (χ2n) is 25.5. The SMILES string of the molecule is CCCCCCCCCCCCCCCC(=O)NC(CS)C(=O)NC(CS)C(=O)NC(CS)C(=O)NC(CS)C(=O)NCC(=O)NCC(=O)NCC(=O)NC(CCCCN)C(=O)NC(C(=O)NC(CCCCN)C(=O)NC(C(=O)NC(C)C(=O)NC(C(N)=O)C(C)C)C(C)C)C(C)CC. The molecule has 0 bridgehead atoms. The third kappa shape index (κ3) is 40.2. The maximum Gasteiger partial charge on any atom is 0.244 e. The number of hydrogen-bond donors (Lipinski definition) is 20. The Morgan fingerprint density at radius 3 is 1.08 bits per heavy atom. The Morgan fingerprint density at radius 1 is 0.323 bits per heavy atom. The number of primary amides is 1. The van der Waals surface area contributed by atoms with E-state index in [0.29, 0.717) is 38.5 Å². The number of hydrogen-bond acceptors (Lipinski definition) is 20. The average Bonchev–Trinajstić information content (AvgIpc) is 0.944. The molecule has 99 heavy (non-hydrogen) atoms. The van der Waals surface area contributed by atoms with Crippen LogP contribution in [0.2, 0.25) is 0 Å². The van der Waals surface area contributed by atoms with Gasteiger partial charge in [0.15, 0.2) is 0 Å². The van der Waals surface area contributed by atoms with Gasteiger partial charge in [-0.2, -0.15) is 50.5 Å². The maximum absolute atomic E-state index is 14.2. The van der Waals surface area contributed by atoms with Gasteiger partial charge in [-0.25, -0.2) is 0 Å². The van der Waals surface area contributed by atoms with E-state index >= 15 is 0 Å². The molecule has 0 saturated carbocycles. The van der Waals surface area contributed by atoms with Gasteiger partial charge in [0.1, 0.15) is 60.4 Å². The van der Waals surface area contributed by atoms with Crippen molar-refractivity contribution in [3.05, 3.63) is 0 Å². The predicted molar refractivity (Wildman–Crippen MR) is 394 cm³/mol. The standard InChI is InChI=1S/C65H120N16O14S4/c1-9-11-12-13-14-15-16-17-18-19-20-21-22-29-49(82)74-46(36-97)61(91)77-48(38-99)63(93)78-47(37-98)62(92)76-45(35-96)58(88)71-33-51(84)69-32-50(83)70-34-52(85)73-43(27-23-25-30-66)59(89)81-55(41(7)10-2)65(95)75-44(28-24-26-31-67)60(90)80-54(40(5)6)64(94)72-42(8)57(87)79-53(39(3)4)56(68)86/h39-48,53-55,96-99H,9-38,66-67H2,1-8H3,(H2,68,86)(H,69,84)(H,70,83)(H,71,88)(H,72,94)(H,73,85)(H,74,82)(H,75,95)(H,76,92)(H,77,91)(H,78,93)(H,79,87)(H,80,90)(H,81,89). The smallest absolute Gasteiger partial charge is 0.244 e. The number of carbonyl (C=O) groups is 14. The summed E-state index contributed by atoms with van der Waals surface area (Å²) >= 11 is 16.8. The van der Waals surface area contributed by atoms with Gasteiger partial charge < -0.3 is 86.3 Å². The van der Waals surface area contributed by atoms with Crippen LogP contribution in [-0.4, -0.2) is 199 Å². The van der Waals surface area contributed by atoms with Gasteiger partial charge >= 0.3 is 0 Å². The van der Waals surface area contributed by atoms with Crippen molar-refractivity contribution in [1.29, 1.82) is 0 Å². The molecule has 0 aliphatic heterocycles. The molecule has 0 spiro atoms. The molecule has 11 unspecified atom stereocenters. The number of unbranched alkanes of at least 4 members (excludes halogenated alkanes) is 14. The van der Waals surface area contributed by atoms with Gasteiger partial charge in [-0.05, 0) is 82.7 Å². The summed E-state index contributed by atoms with van der Waals surface area (Å²) in [6.45, 7) is 12.4. The Hall–Kier alpha value is -6.10. The van der Waals surface area contributed by atoms with Crippen molar-refractivity contribution < 1.29 is 67.1 Å². The lowest BCUT2D eigenvalue weighted by molar-refractivity contribution is -0.136. The van der Waals surface area contributed by atoms with Gasteiger partial charge in [-0.1, -0.05) is 132 Å². The zero-order valence-corrected chi connectivity index (χ0v) is 63.0. The Kier molecular flexibility index (Phi) is 51.3. The number of nitrogens with one attached hydrogen (secondary N) is 13. The molecule has 0 rings (SSSR count). The molecule has 0 aliphatic rings. The summed E-state index contributed by atoms with van der Waals surface area (Å²) in [4.78, 5) is 185. The van der Waals surface area contributed by atoms with Crippen LogP contribution in [0.1, 0.15) is 190 Å². The molecule has 0 radical (unpaired) electrons. The van der Waals surface area contributed by atoms with Crippen LogP contribution in [0.15, 0.2) is 0 Å². The molecule has 0 aromatic carbocycles. The van der Waals surface area contributed by atoms with Crippen molar-refractivity contribution >= 4 is 133 Å². The molecule has 0 heterocycles. The molecule has 0 fully saturated rings. The van der Waals surface area contributed by atoms with Crippen molar-refractivity contribution in [3.8, 4) is 0 Å². The number of rotatable bonds is 56. The zero-order valence-electron chi connectivity index (χ0n) is 59.5. The van der Waals surface area contributed by atoms with Gasteiger partial charge in [0, 0.05) is 29.4 Å². The van der Waals surface area contributed by atoms with E-state index in [1.54, 1.807) is 41.5 Å². The highest BCUT2D eigenvalue weighted by Crippen LogP contribution is 2.16. The highest BCUT2D eigenvalue weighted by atomic mass is 32.1. The third-order valence-electron chi connectivity index (χ3n) is 16.3. The van der Waals surface area contributed by atoms with Gasteiger partial charge in [0.05, 0.1) is 19.6 Å². The Morgan fingerprint density at radius 2 is 0.667 bits per heavy atom. The zero-order chi connectivity index (χ0) is 75.0. The molecule has 30 nitrogen and oxygen atoms in total. The quantitative estimate of drug-likeness (QED) is 0.0270. The van der Waals surface area contributed by atoms with Gasteiger partial charge in [-0.15, -0.1) is 0 Å². The first kappa shape index (κ1) is 92.9. The Labute approximate surface area is 607 Å². The summed E-state index contributed by atoms with van der Waals surface area (Å²) in [6.07, 6.45) is 17.5. The molecular formula is C65H120N16O14S4. The fourth-order valence-corrected chi connectivity index (χ4v) is 11.0. The first-order valence-electron chi connectivity index (χ1n) is 35.0. The van der Waals surface area contributed by atoms with E-state index in [1.807, 2.05) is 0 Å². The first-order chi connectivity index (χ1) is 47.0. The van der Waals surface area contributed by atoms with Crippen molar-refractivity contribution in [3.63, 3.8) is 0 Å². The van der Waals surface area contributed by atoms with Gasteiger partial charge in [-0.3, -0.25) is 67.1 Å². The van der Waals surface area contributed by atoms with E-state index < -0.39 is 169 Å². The lowest BCUT2D eigenvalue weighted by atomic mass is 9.96. The van der Waals surface area contributed by atoms with Crippen molar-refractivity contribution in [1.82, 2.24) is 69.1 Å². The van der Waals surface area contributed by atoms with E-state index in [4.69, 9.17) is 17.2 Å². The van der Waals surface area contributed by atoms with Crippen LogP contribution in [0.4, 0.5) is 0 Å². The van der Waals surface area contributed by atoms with Crippen molar-refractivity contribution in [2.75, 3.05) is 55.7 Å². The van der Waals surface area contributed by atoms with Crippen LogP contribution in [0.3, 0.4) is 0 Å². The molecule has 0 aromatic heterocycles. The normalized spacial score (nSPS) is 14.5. The maximum atomic E-state index is 14.2. The fourth-order valence-electron chi connectivity index (χ4n) is 9.92. The third-order valence-corrected chi connectivity index (χ3v) is 17.8. The van der Waals surface area contributed by atoms with Crippen LogP contribution in [0, 0.1) is 17.8 Å². The summed E-state index contributed by atoms with van der Waals surface area (Å²) in [5.74, 6) is -12.6. The minimum atomic E-state index is -1.33. The molecule has 11 atom stereocenters. The van der Waals surface area contributed by atoms with E-state index in [1.165, 1.54) is 64.7 Å². The van der Waals surface area contributed by atoms with E-state index in [9.17, 15) is 67.1 Å². The minimum Gasteiger partial charge on any atom is -0.368 e. The van der Waals surface area contributed by atoms with Gasteiger partial charge in [0.25, 0.3) is 0 Å². The summed E-state index contributed by atoms with van der Waals surface area (Å²) in [6, 6.07) is -12.0. The van der Waals surface area contributed by atoms with Crippen LogP contribution in [-0.2, 0) is 67.1 Å². The van der Waals surface area contributed by atoms with Crippen LogP contribution in [0.5, 0.6) is 0 Å². The van der Waals surface area contributed by atoms with Crippen molar-refractivity contribution in [2.24, 2.45) is 35.0 Å². The average molecular weight is 1480 g/mol. The number of nitrogens with two attached hydrogens (primary N) is 3. The molecule has 34 heteroatoms. The van der Waals surface area contributed by atoms with E-state index in [-0.39, 0.29) is 67.2 Å². The van der Waals surface area contributed by atoms with E-state index in [2.05, 4.69) is 127 Å². The lowest BCUT2D eigenvalue weighted by Gasteiger charge is -2.30. The van der Waals surface area contributed by atoms with Gasteiger partial charge in [0.2, 0.25) is 82.7 Å². The molecule has 19 N–H and O–H groups in total. The summed E-state index contributed by atoms with van der Waals surface area (Å²) in [7, 11) is 0. The van der Waals surface area contributed by atoms with Crippen LogP contribution >= 0.6 is 50.5 Å². The number of amides is 14. The fraction of sp³-hybridized carbons (Fsp3) is 0.785. The molecule has 0 aliphatic carbocycles. The summed E-state index contributed by atoms with van der Waals surface area (Å²) in [5.41, 5.74) is 16.9. The largest absolute Gasteiger partial charge is 0.368 e. The highest BCUT2D eigenvalue weighted by molar-refractivity contribution is 7.80. The topological polar surface area (TPSA) is 473 Å². The molecule has 568 valence electrons. The highest BCUT2D eigenvalue weighted by Gasteiger charge is 2.36. The van der Waals surface area contributed by atoms with Crippen molar-refractivity contribution in [2.45, 2.75) is 251 Å². The lowest BCUT2D eigenvalue weighted by Crippen LogP contribution is -2.61. The minimum absolute atomic E-state index is 0.0596. The Bertz CT molecular complexity index is 2530. The second-order valence-corrected chi connectivity index (χ2v) is 27.0. The molecular weight excluding hydrogens is 1360 g/mol. The predicted octanol–water partition coefficient (Wildman–Crippen LogP) is -0.495. The summed E-state index contributed by atoms with van der Waals surface area (Å²) < 4.78 is 0. The van der Waals surface area contributed by atoms with Crippen LogP contribution < -0.4 is 86.3 Å². The number of thiol groups is 4.